The van der Waals surface area contributed by atoms with E-state index in [4.69, 9.17) is 0 Å². The molecular formula is C17H20N2OS2. The molecule has 2 aromatic heterocycles. The van der Waals surface area contributed by atoms with Crippen molar-refractivity contribution in [2.24, 2.45) is 0 Å². The van der Waals surface area contributed by atoms with Gasteiger partial charge in [-0.05, 0) is 42.0 Å². The second kappa shape index (κ2) is 7.79. The third kappa shape index (κ3) is 4.34. The van der Waals surface area contributed by atoms with Crippen LogP contribution < -0.4 is 5.32 Å². The average molecular weight is 332 g/mol. The van der Waals surface area contributed by atoms with E-state index < -0.39 is 0 Å². The molecule has 1 aliphatic rings. The van der Waals surface area contributed by atoms with Crippen LogP contribution in [0.4, 0.5) is 0 Å². The molecular weight excluding hydrogens is 312 g/mol. The van der Waals surface area contributed by atoms with Gasteiger partial charge in [-0.15, -0.1) is 23.1 Å². The number of rotatable bonds is 6. The molecule has 1 amide bonds. The Morgan fingerprint density at radius 3 is 3.00 bits per heavy atom. The molecule has 1 N–H and O–H groups in total. The molecule has 2 heterocycles. The summed E-state index contributed by atoms with van der Waals surface area (Å²) in [6.45, 7) is 0.574. The number of carbonyl (C=O) groups excluding carboxylic acids is 1. The van der Waals surface area contributed by atoms with Crippen molar-refractivity contribution in [1.82, 2.24) is 10.3 Å². The molecule has 1 fully saturated rings. The summed E-state index contributed by atoms with van der Waals surface area (Å²) in [6, 6.07) is 8.10. The fourth-order valence-corrected chi connectivity index (χ4v) is 4.49. The molecule has 1 saturated carbocycles. The normalized spacial score (nSPS) is 15.1. The SMILES string of the molecule is O=C(CSC1CCCC1)NCc1ccnc(-c2cccs2)c1. The number of thiophene rings is 1. The number of carbonyl (C=O) groups is 1. The molecule has 0 saturated heterocycles. The topological polar surface area (TPSA) is 42.0 Å². The van der Waals surface area contributed by atoms with E-state index in [1.807, 2.05) is 23.7 Å². The van der Waals surface area contributed by atoms with Crippen LogP contribution in [-0.4, -0.2) is 21.9 Å². The number of hydrogen-bond donors (Lipinski definition) is 1. The van der Waals surface area contributed by atoms with Crippen LogP contribution in [0.1, 0.15) is 31.2 Å². The van der Waals surface area contributed by atoms with E-state index >= 15 is 0 Å². The first-order valence-electron chi connectivity index (χ1n) is 7.68. The van der Waals surface area contributed by atoms with Gasteiger partial charge in [-0.25, -0.2) is 0 Å². The lowest BCUT2D eigenvalue weighted by molar-refractivity contribution is -0.118. The second-order valence-electron chi connectivity index (χ2n) is 5.52. The van der Waals surface area contributed by atoms with Crippen molar-refractivity contribution in [2.75, 3.05) is 5.75 Å². The highest BCUT2D eigenvalue weighted by atomic mass is 32.2. The van der Waals surface area contributed by atoms with E-state index in [1.54, 1.807) is 23.1 Å². The molecule has 0 aliphatic heterocycles. The largest absolute Gasteiger partial charge is 0.351 e. The zero-order valence-electron chi connectivity index (χ0n) is 12.5. The highest BCUT2D eigenvalue weighted by Crippen LogP contribution is 2.29. The number of amides is 1. The predicted molar refractivity (Wildman–Crippen MR) is 94.1 cm³/mol. The van der Waals surface area contributed by atoms with Crippen molar-refractivity contribution in [1.29, 1.82) is 0 Å². The summed E-state index contributed by atoms with van der Waals surface area (Å²) >= 11 is 3.48. The third-order valence-electron chi connectivity index (χ3n) is 3.84. The lowest BCUT2D eigenvalue weighted by Gasteiger charge is -2.09. The number of aromatic nitrogens is 1. The average Bonchev–Trinajstić information content (AvgIpc) is 3.24. The van der Waals surface area contributed by atoms with Crippen molar-refractivity contribution >= 4 is 29.0 Å². The van der Waals surface area contributed by atoms with E-state index in [9.17, 15) is 4.79 Å². The Bertz CT molecular complexity index is 607. The van der Waals surface area contributed by atoms with Gasteiger partial charge in [0.25, 0.3) is 0 Å². The molecule has 1 aliphatic carbocycles. The Kier molecular flexibility index (Phi) is 5.51. The summed E-state index contributed by atoms with van der Waals surface area (Å²) in [5, 5.41) is 5.75. The van der Waals surface area contributed by atoms with Gasteiger partial charge in [0.15, 0.2) is 0 Å². The van der Waals surface area contributed by atoms with Gasteiger partial charge in [0.05, 0.1) is 16.3 Å². The number of thioether (sulfide) groups is 1. The minimum atomic E-state index is 0.131. The van der Waals surface area contributed by atoms with E-state index in [0.717, 1.165) is 16.1 Å². The van der Waals surface area contributed by atoms with E-state index in [0.29, 0.717) is 17.5 Å². The number of hydrogen-bond acceptors (Lipinski definition) is 4. The molecule has 22 heavy (non-hydrogen) atoms. The second-order valence-corrected chi connectivity index (χ2v) is 7.76. The summed E-state index contributed by atoms with van der Waals surface area (Å²) < 4.78 is 0. The predicted octanol–water partition coefficient (Wildman–Crippen LogP) is 4.10. The summed E-state index contributed by atoms with van der Waals surface area (Å²) in [5.74, 6) is 0.708. The summed E-state index contributed by atoms with van der Waals surface area (Å²) in [4.78, 5) is 17.5. The molecule has 116 valence electrons. The molecule has 0 spiro atoms. The van der Waals surface area contributed by atoms with E-state index in [1.165, 1.54) is 25.7 Å². The minimum Gasteiger partial charge on any atom is -0.351 e. The van der Waals surface area contributed by atoms with Gasteiger partial charge in [0.2, 0.25) is 5.91 Å². The highest BCUT2D eigenvalue weighted by molar-refractivity contribution is 8.00. The van der Waals surface area contributed by atoms with E-state index in [-0.39, 0.29) is 5.91 Å². The van der Waals surface area contributed by atoms with Gasteiger partial charge >= 0.3 is 0 Å². The lowest BCUT2D eigenvalue weighted by Crippen LogP contribution is -2.25. The smallest absolute Gasteiger partial charge is 0.230 e. The van der Waals surface area contributed by atoms with Crippen molar-refractivity contribution in [3.05, 3.63) is 41.4 Å². The molecule has 2 aromatic rings. The van der Waals surface area contributed by atoms with Crippen LogP contribution in [0.15, 0.2) is 35.8 Å². The van der Waals surface area contributed by atoms with Gasteiger partial charge < -0.3 is 5.32 Å². The van der Waals surface area contributed by atoms with Crippen LogP contribution in [0.2, 0.25) is 0 Å². The van der Waals surface area contributed by atoms with Gasteiger partial charge in [-0.1, -0.05) is 18.9 Å². The Morgan fingerprint density at radius 1 is 1.36 bits per heavy atom. The minimum absolute atomic E-state index is 0.131. The first-order valence-corrected chi connectivity index (χ1v) is 9.61. The Hall–Kier alpha value is -1.33. The molecule has 3 nitrogen and oxygen atoms in total. The fraction of sp³-hybridized carbons (Fsp3) is 0.412. The maximum Gasteiger partial charge on any atom is 0.230 e. The molecule has 0 bridgehead atoms. The van der Waals surface area contributed by atoms with Crippen LogP contribution in [0.5, 0.6) is 0 Å². The molecule has 5 heteroatoms. The first kappa shape index (κ1) is 15.6. The van der Waals surface area contributed by atoms with Crippen LogP contribution in [-0.2, 0) is 11.3 Å². The first-order chi connectivity index (χ1) is 10.8. The quantitative estimate of drug-likeness (QED) is 0.866. The van der Waals surface area contributed by atoms with Gasteiger partial charge in [-0.2, -0.15) is 0 Å². The van der Waals surface area contributed by atoms with Gasteiger partial charge in [0, 0.05) is 18.0 Å². The van der Waals surface area contributed by atoms with Crippen molar-refractivity contribution in [3.63, 3.8) is 0 Å². The zero-order valence-corrected chi connectivity index (χ0v) is 14.1. The van der Waals surface area contributed by atoms with Crippen molar-refractivity contribution < 1.29 is 4.79 Å². The van der Waals surface area contributed by atoms with Crippen LogP contribution in [0, 0.1) is 0 Å². The Morgan fingerprint density at radius 2 is 2.23 bits per heavy atom. The molecule has 3 rings (SSSR count). The Labute approximate surface area is 139 Å². The van der Waals surface area contributed by atoms with Crippen LogP contribution in [0.25, 0.3) is 10.6 Å². The Balaban J connectivity index is 1.48. The number of nitrogens with one attached hydrogen (secondary N) is 1. The van der Waals surface area contributed by atoms with Crippen LogP contribution >= 0.6 is 23.1 Å². The maximum atomic E-state index is 11.9. The fourth-order valence-electron chi connectivity index (χ4n) is 2.64. The molecule has 0 unspecified atom stereocenters. The van der Waals surface area contributed by atoms with E-state index in [2.05, 4.69) is 22.4 Å². The monoisotopic (exact) mass is 332 g/mol. The molecule has 0 aromatic carbocycles. The van der Waals surface area contributed by atoms with Crippen LogP contribution in [0.3, 0.4) is 0 Å². The number of pyridine rings is 1. The van der Waals surface area contributed by atoms with Gasteiger partial charge in [0.1, 0.15) is 0 Å². The number of nitrogens with zero attached hydrogens (tertiary/aromatic N) is 1. The standard InChI is InChI=1S/C17H20N2OS2/c20-17(12-22-14-4-1-2-5-14)19-11-13-7-8-18-15(10-13)16-6-3-9-21-16/h3,6-10,14H,1-2,4-5,11-12H2,(H,19,20). The van der Waals surface area contributed by atoms with Crippen molar-refractivity contribution in [3.8, 4) is 10.6 Å². The lowest BCUT2D eigenvalue weighted by atomic mass is 10.2. The van der Waals surface area contributed by atoms with Crippen molar-refractivity contribution in [2.45, 2.75) is 37.5 Å². The summed E-state index contributed by atoms with van der Waals surface area (Å²) in [6.07, 6.45) is 6.99. The van der Waals surface area contributed by atoms with Gasteiger partial charge in [-0.3, -0.25) is 9.78 Å². The highest BCUT2D eigenvalue weighted by Gasteiger charge is 2.16. The molecule has 0 radical (unpaired) electrons. The maximum absolute atomic E-state index is 11.9. The summed E-state index contributed by atoms with van der Waals surface area (Å²) in [7, 11) is 0. The molecule has 0 atom stereocenters. The zero-order chi connectivity index (χ0) is 15.2. The third-order valence-corrected chi connectivity index (χ3v) is 6.10. The summed E-state index contributed by atoms with van der Waals surface area (Å²) in [5.41, 5.74) is 2.07.